The second-order valence-electron chi connectivity index (χ2n) is 5.83. The molecule has 6 heteroatoms. The van der Waals surface area contributed by atoms with Crippen LogP contribution in [0.2, 0.25) is 5.02 Å². The topological polar surface area (TPSA) is 49.3 Å². The van der Waals surface area contributed by atoms with Crippen LogP contribution in [0.4, 0.5) is 4.39 Å². The maximum absolute atomic E-state index is 13.7. The van der Waals surface area contributed by atoms with Crippen LogP contribution in [0.5, 0.6) is 0 Å². The van der Waals surface area contributed by atoms with Gasteiger partial charge >= 0.3 is 0 Å². The van der Waals surface area contributed by atoms with Crippen molar-refractivity contribution in [2.75, 3.05) is 6.54 Å². The highest BCUT2D eigenvalue weighted by atomic mass is 35.5. The van der Waals surface area contributed by atoms with E-state index in [-0.39, 0.29) is 35.4 Å². The second-order valence-corrected chi connectivity index (χ2v) is 7.18. The maximum Gasteiger partial charge on any atom is 0.224 e. The Labute approximate surface area is 143 Å². The maximum atomic E-state index is 13.7. The molecule has 1 fully saturated rings. The predicted molar refractivity (Wildman–Crippen MR) is 89.1 cm³/mol. The quantitative estimate of drug-likeness (QED) is 0.835. The van der Waals surface area contributed by atoms with Gasteiger partial charge in [-0.1, -0.05) is 23.7 Å². The lowest BCUT2D eigenvalue weighted by Crippen LogP contribution is -2.42. The smallest absolute Gasteiger partial charge is 0.224 e. The van der Waals surface area contributed by atoms with E-state index in [0.717, 1.165) is 17.7 Å². The molecule has 0 radical (unpaired) electrons. The van der Waals surface area contributed by atoms with E-state index in [1.165, 1.54) is 23.5 Å². The van der Waals surface area contributed by atoms with Crippen molar-refractivity contribution < 1.29 is 14.3 Å². The summed E-state index contributed by atoms with van der Waals surface area (Å²) in [7, 11) is 0. The van der Waals surface area contributed by atoms with Gasteiger partial charge in [0.05, 0.1) is 13.0 Å². The number of aliphatic hydroxyl groups is 1. The Balaban J connectivity index is 1.66. The van der Waals surface area contributed by atoms with E-state index in [1.807, 2.05) is 17.5 Å². The Morgan fingerprint density at radius 3 is 2.78 bits per heavy atom. The lowest BCUT2D eigenvalue weighted by atomic mass is 9.95. The molecule has 0 bridgehead atoms. The van der Waals surface area contributed by atoms with E-state index in [9.17, 15) is 14.3 Å². The van der Waals surface area contributed by atoms with Crippen molar-refractivity contribution in [2.45, 2.75) is 24.9 Å². The van der Waals surface area contributed by atoms with Gasteiger partial charge in [-0.15, -0.1) is 11.3 Å². The van der Waals surface area contributed by atoms with Crippen molar-refractivity contribution >= 4 is 28.8 Å². The van der Waals surface area contributed by atoms with Gasteiger partial charge in [-0.3, -0.25) is 4.79 Å². The Bertz CT molecular complexity index is 682. The number of rotatable bonds is 6. The first-order valence-corrected chi connectivity index (χ1v) is 8.72. The Morgan fingerprint density at radius 1 is 1.39 bits per heavy atom. The first-order chi connectivity index (χ1) is 11.0. The predicted octanol–water partition coefficient (Wildman–Crippen LogP) is 3.50. The summed E-state index contributed by atoms with van der Waals surface area (Å²) in [5.41, 5.74) is -0.860. The monoisotopic (exact) mass is 353 g/mol. The van der Waals surface area contributed by atoms with Gasteiger partial charge in [0.1, 0.15) is 11.4 Å². The van der Waals surface area contributed by atoms with Gasteiger partial charge in [0.25, 0.3) is 0 Å². The van der Waals surface area contributed by atoms with E-state index in [2.05, 4.69) is 5.32 Å². The average molecular weight is 354 g/mol. The van der Waals surface area contributed by atoms with Crippen molar-refractivity contribution in [3.8, 4) is 0 Å². The third-order valence-electron chi connectivity index (χ3n) is 4.15. The van der Waals surface area contributed by atoms with E-state index < -0.39 is 11.4 Å². The molecule has 1 amide bonds. The molecule has 3 rings (SSSR count). The Morgan fingerprint density at radius 2 is 2.17 bits per heavy atom. The van der Waals surface area contributed by atoms with Crippen molar-refractivity contribution in [2.24, 2.45) is 5.92 Å². The molecule has 1 saturated carbocycles. The summed E-state index contributed by atoms with van der Waals surface area (Å²) in [6, 6.07) is 8.10. The normalized spacial score (nSPS) is 16.8. The SMILES string of the molecule is O=C(Cc1c(F)cccc1Cl)NC[C@](O)(c1cccs1)C1CC1. The lowest BCUT2D eigenvalue weighted by molar-refractivity contribution is -0.122. The van der Waals surface area contributed by atoms with Crippen LogP contribution in [0.3, 0.4) is 0 Å². The van der Waals surface area contributed by atoms with Crippen LogP contribution >= 0.6 is 22.9 Å². The zero-order chi connectivity index (χ0) is 16.4. The summed E-state index contributed by atoms with van der Waals surface area (Å²) in [5, 5.41) is 15.8. The summed E-state index contributed by atoms with van der Waals surface area (Å²) in [6.45, 7) is 0.128. The third kappa shape index (κ3) is 3.57. The van der Waals surface area contributed by atoms with Crippen LogP contribution in [0.15, 0.2) is 35.7 Å². The molecule has 2 N–H and O–H groups in total. The fourth-order valence-electron chi connectivity index (χ4n) is 2.68. The van der Waals surface area contributed by atoms with E-state index in [1.54, 1.807) is 6.07 Å². The number of nitrogens with one attached hydrogen (secondary N) is 1. The van der Waals surface area contributed by atoms with E-state index in [4.69, 9.17) is 11.6 Å². The van der Waals surface area contributed by atoms with E-state index >= 15 is 0 Å². The molecule has 1 heterocycles. The summed E-state index contributed by atoms with van der Waals surface area (Å²) in [5.74, 6) is -0.686. The summed E-state index contributed by atoms with van der Waals surface area (Å²) < 4.78 is 13.7. The molecular formula is C17H17ClFNO2S. The van der Waals surface area contributed by atoms with E-state index in [0.29, 0.717) is 0 Å². The van der Waals surface area contributed by atoms with Gasteiger partial charge in [0.2, 0.25) is 5.91 Å². The summed E-state index contributed by atoms with van der Waals surface area (Å²) in [4.78, 5) is 13.0. The average Bonchev–Trinajstić information content (AvgIpc) is 3.24. The molecule has 122 valence electrons. The second kappa shape index (κ2) is 6.59. The molecule has 0 spiro atoms. The van der Waals surface area contributed by atoms with Crippen LogP contribution in [0, 0.1) is 11.7 Å². The number of thiophene rings is 1. The van der Waals surface area contributed by atoms with Gasteiger partial charge in [-0.05, 0) is 42.3 Å². The van der Waals surface area contributed by atoms with Gasteiger partial charge in [-0.25, -0.2) is 4.39 Å². The highest BCUT2D eigenvalue weighted by Gasteiger charge is 2.45. The highest BCUT2D eigenvalue weighted by Crippen LogP contribution is 2.46. The number of carbonyl (C=O) groups excluding carboxylic acids is 1. The zero-order valence-corrected chi connectivity index (χ0v) is 14.0. The Kier molecular flexibility index (Phi) is 4.71. The van der Waals surface area contributed by atoms with Crippen molar-refractivity contribution in [3.63, 3.8) is 0 Å². The number of hydrogen-bond acceptors (Lipinski definition) is 3. The fraction of sp³-hybridized carbons (Fsp3) is 0.353. The molecule has 3 nitrogen and oxygen atoms in total. The minimum Gasteiger partial charge on any atom is -0.382 e. The van der Waals surface area contributed by atoms with Crippen molar-refractivity contribution in [1.82, 2.24) is 5.32 Å². The lowest BCUT2D eigenvalue weighted by Gasteiger charge is -2.27. The molecule has 0 unspecified atom stereocenters. The van der Waals surface area contributed by atoms with Crippen LogP contribution in [0.25, 0.3) is 0 Å². The van der Waals surface area contributed by atoms with Crippen LogP contribution in [-0.2, 0) is 16.8 Å². The number of benzene rings is 1. The number of hydrogen-bond donors (Lipinski definition) is 2. The molecule has 1 aromatic carbocycles. The first kappa shape index (κ1) is 16.4. The molecule has 1 atom stereocenters. The molecular weight excluding hydrogens is 337 g/mol. The summed E-state index contributed by atoms with van der Waals surface area (Å²) in [6.07, 6.45) is 1.75. The van der Waals surface area contributed by atoms with Crippen molar-refractivity contribution in [3.05, 3.63) is 57.0 Å². The highest BCUT2D eigenvalue weighted by molar-refractivity contribution is 7.10. The van der Waals surface area contributed by atoms with Gasteiger partial charge in [0, 0.05) is 15.5 Å². The minimum absolute atomic E-state index is 0.128. The minimum atomic E-state index is -1.04. The number of amides is 1. The number of carbonyl (C=O) groups is 1. The third-order valence-corrected chi connectivity index (χ3v) is 5.55. The Hall–Kier alpha value is -1.43. The summed E-state index contributed by atoms with van der Waals surface area (Å²) >= 11 is 7.41. The van der Waals surface area contributed by atoms with Gasteiger partial charge < -0.3 is 10.4 Å². The van der Waals surface area contributed by atoms with Crippen LogP contribution < -0.4 is 5.32 Å². The number of halogens is 2. The fourth-order valence-corrected chi connectivity index (χ4v) is 3.81. The molecule has 2 aromatic rings. The van der Waals surface area contributed by atoms with Crippen molar-refractivity contribution in [1.29, 1.82) is 0 Å². The largest absolute Gasteiger partial charge is 0.382 e. The molecule has 1 aliphatic carbocycles. The van der Waals surface area contributed by atoms with Gasteiger partial charge in [0.15, 0.2) is 0 Å². The van der Waals surface area contributed by atoms with Crippen LogP contribution in [-0.4, -0.2) is 17.6 Å². The first-order valence-electron chi connectivity index (χ1n) is 7.46. The molecule has 1 aliphatic rings. The molecule has 23 heavy (non-hydrogen) atoms. The molecule has 0 saturated heterocycles. The standard InChI is InChI=1S/C17H17ClFNO2S/c18-13-3-1-4-14(19)12(13)9-16(21)20-10-17(22,11-6-7-11)15-5-2-8-23-15/h1-5,8,11,22H,6-7,9-10H2,(H,20,21)/t17-/m1/s1. The van der Waals surface area contributed by atoms with Gasteiger partial charge in [-0.2, -0.15) is 0 Å². The molecule has 1 aromatic heterocycles. The zero-order valence-electron chi connectivity index (χ0n) is 12.4. The van der Waals surface area contributed by atoms with Crippen LogP contribution in [0.1, 0.15) is 23.3 Å². The molecule has 0 aliphatic heterocycles.